The molecule has 0 aliphatic heterocycles. The number of rotatable bonds is 0. The lowest BCUT2D eigenvalue weighted by Crippen LogP contribution is -1.84. The predicted octanol–water partition coefficient (Wildman–Crippen LogP) is 2.66. The number of hydrogen-bond acceptors (Lipinski definition) is 1. The molecule has 0 aliphatic carbocycles. The Labute approximate surface area is 69.0 Å². The zero-order chi connectivity index (χ0) is 8.43. The van der Waals surface area contributed by atoms with Crippen molar-refractivity contribution >= 4 is 11.6 Å². The average molecular weight is 170 g/mol. The topological polar surface area (TPSA) is 23.8 Å². The Morgan fingerprint density at radius 1 is 1.55 bits per heavy atom. The number of halogens is 2. The first-order chi connectivity index (χ1) is 5.15. The van der Waals surface area contributed by atoms with Gasteiger partial charge in [-0.25, -0.2) is 4.39 Å². The molecular formula is C8H5ClFN. The van der Waals surface area contributed by atoms with Crippen molar-refractivity contribution < 1.29 is 4.39 Å². The molecule has 0 atom stereocenters. The van der Waals surface area contributed by atoms with Gasteiger partial charge in [0.25, 0.3) is 0 Å². The van der Waals surface area contributed by atoms with Gasteiger partial charge in [0.1, 0.15) is 11.9 Å². The molecule has 0 amide bonds. The molecule has 0 saturated carbocycles. The normalized spacial score (nSPS) is 9.27. The Kier molecular flexibility index (Phi) is 2.11. The van der Waals surface area contributed by atoms with Crippen LogP contribution in [0.1, 0.15) is 11.1 Å². The van der Waals surface area contributed by atoms with E-state index < -0.39 is 5.82 Å². The molecule has 56 valence electrons. The minimum Gasteiger partial charge on any atom is -0.207 e. The van der Waals surface area contributed by atoms with Crippen LogP contribution in [0.25, 0.3) is 0 Å². The lowest BCUT2D eigenvalue weighted by molar-refractivity contribution is 0.626. The number of hydrogen-bond donors (Lipinski definition) is 0. The highest BCUT2D eigenvalue weighted by Crippen LogP contribution is 2.20. The average Bonchev–Trinajstić information content (AvgIpc) is 1.96. The Balaban J connectivity index is 3.39. The quantitative estimate of drug-likeness (QED) is 0.586. The van der Waals surface area contributed by atoms with Gasteiger partial charge in [0.05, 0.1) is 10.6 Å². The van der Waals surface area contributed by atoms with Gasteiger partial charge in [-0.15, -0.1) is 0 Å². The monoisotopic (exact) mass is 169 g/mol. The molecule has 0 heterocycles. The summed E-state index contributed by atoms with van der Waals surface area (Å²) in [7, 11) is 0. The Bertz CT molecular complexity index is 328. The second kappa shape index (κ2) is 2.89. The van der Waals surface area contributed by atoms with Gasteiger partial charge in [-0.3, -0.25) is 0 Å². The van der Waals surface area contributed by atoms with Crippen molar-refractivity contribution in [1.82, 2.24) is 0 Å². The third-order valence-corrected chi connectivity index (χ3v) is 1.84. The van der Waals surface area contributed by atoms with Crippen LogP contribution in [0.15, 0.2) is 12.1 Å². The maximum absolute atomic E-state index is 12.6. The zero-order valence-electron chi connectivity index (χ0n) is 5.86. The minimum atomic E-state index is -0.427. The van der Waals surface area contributed by atoms with E-state index in [1.165, 1.54) is 6.07 Å². The van der Waals surface area contributed by atoms with Crippen molar-refractivity contribution in [2.24, 2.45) is 0 Å². The minimum absolute atomic E-state index is 0.184. The molecular weight excluding hydrogens is 165 g/mol. The number of nitriles is 1. The molecule has 3 heteroatoms. The van der Waals surface area contributed by atoms with Crippen LogP contribution >= 0.6 is 11.6 Å². The SMILES string of the molecule is Cc1cc(F)cc(C#N)c1Cl. The van der Waals surface area contributed by atoms with Crippen LogP contribution in [0, 0.1) is 24.1 Å². The van der Waals surface area contributed by atoms with E-state index in [1.807, 2.05) is 0 Å². The van der Waals surface area contributed by atoms with Crippen LogP contribution < -0.4 is 0 Å². The maximum Gasteiger partial charge on any atom is 0.124 e. The summed E-state index contributed by atoms with van der Waals surface area (Å²) in [5.74, 6) is -0.427. The third-order valence-electron chi connectivity index (χ3n) is 1.34. The highest BCUT2D eigenvalue weighted by atomic mass is 35.5. The van der Waals surface area contributed by atoms with Crippen LogP contribution in [0.2, 0.25) is 5.02 Å². The summed E-state index contributed by atoms with van der Waals surface area (Å²) >= 11 is 5.68. The summed E-state index contributed by atoms with van der Waals surface area (Å²) in [5.41, 5.74) is 0.771. The van der Waals surface area contributed by atoms with E-state index in [2.05, 4.69) is 0 Å². The molecule has 0 aliphatic rings. The molecule has 0 radical (unpaired) electrons. The first-order valence-electron chi connectivity index (χ1n) is 3.01. The fourth-order valence-electron chi connectivity index (χ4n) is 0.807. The molecule has 0 saturated heterocycles. The standard InChI is InChI=1S/C8H5ClFN/c1-5-2-7(10)3-6(4-11)8(5)9/h2-3H,1H3. The molecule has 0 aromatic heterocycles. The van der Waals surface area contributed by atoms with E-state index in [-0.39, 0.29) is 5.56 Å². The lowest BCUT2D eigenvalue weighted by Gasteiger charge is -1.98. The van der Waals surface area contributed by atoms with E-state index in [0.717, 1.165) is 6.07 Å². The first kappa shape index (κ1) is 8.03. The van der Waals surface area contributed by atoms with E-state index >= 15 is 0 Å². The lowest BCUT2D eigenvalue weighted by atomic mass is 10.1. The molecule has 0 fully saturated rings. The molecule has 0 spiro atoms. The fourth-order valence-corrected chi connectivity index (χ4v) is 0.958. The van der Waals surface area contributed by atoms with Gasteiger partial charge in [-0.1, -0.05) is 11.6 Å². The fraction of sp³-hybridized carbons (Fsp3) is 0.125. The van der Waals surface area contributed by atoms with Crippen molar-refractivity contribution in [3.8, 4) is 6.07 Å². The second-order valence-corrected chi connectivity index (χ2v) is 2.57. The van der Waals surface area contributed by atoms with Crippen LogP contribution in [0.5, 0.6) is 0 Å². The van der Waals surface area contributed by atoms with E-state index in [1.54, 1.807) is 13.0 Å². The van der Waals surface area contributed by atoms with Crippen LogP contribution in [0.4, 0.5) is 4.39 Å². The van der Waals surface area contributed by atoms with Crippen molar-refractivity contribution in [2.75, 3.05) is 0 Å². The Hall–Kier alpha value is -1.07. The molecule has 11 heavy (non-hydrogen) atoms. The molecule has 0 unspecified atom stereocenters. The van der Waals surface area contributed by atoms with Gasteiger partial charge < -0.3 is 0 Å². The van der Waals surface area contributed by atoms with Gasteiger partial charge in [0.15, 0.2) is 0 Å². The number of aryl methyl sites for hydroxylation is 1. The van der Waals surface area contributed by atoms with Gasteiger partial charge >= 0.3 is 0 Å². The van der Waals surface area contributed by atoms with E-state index in [4.69, 9.17) is 16.9 Å². The molecule has 0 bridgehead atoms. The van der Waals surface area contributed by atoms with Crippen LogP contribution in [0.3, 0.4) is 0 Å². The molecule has 1 rings (SSSR count). The van der Waals surface area contributed by atoms with Crippen molar-refractivity contribution in [1.29, 1.82) is 5.26 Å². The Morgan fingerprint density at radius 3 is 2.73 bits per heavy atom. The highest BCUT2D eigenvalue weighted by Gasteiger charge is 2.04. The summed E-state index contributed by atoms with van der Waals surface area (Å²) < 4.78 is 12.6. The number of benzene rings is 1. The van der Waals surface area contributed by atoms with Gasteiger partial charge in [-0.2, -0.15) is 5.26 Å². The molecule has 1 nitrogen and oxygen atoms in total. The van der Waals surface area contributed by atoms with E-state index in [0.29, 0.717) is 10.6 Å². The second-order valence-electron chi connectivity index (χ2n) is 2.20. The summed E-state index contributed by atoms with van der Waals surface area (Å²) in [6.45, 7) is 1.66. The highest BCUT2D eigenvalue weighted by molar-refractivity contribution is 6.32. The zero-order valence-corrected chi connectivity index (χ0v) is 6.61. The summed E-state index contributed by atoms with van der Waals surface area (Å²) in [5, 5.41) is 8.79. The predicted molar refractivity (Wildman–Crippen MR) is 40.9 cm³/mol. The van der Waals surface area contributed by atoms with Crippen molar-refractivity contribution in [3.63, 3.8) is 0 Å². The summed E-state index contributed by atoms with van der Waals surface area (Å²) in [4.78, 5) is 0. The van der Waals surface area contributed by atoms with Crippen molar-refractivity contribution in [3.05, 3.63) is 34.1 Å². The summed E-state index contributed by atoms with van der Waals surface area (Å²) in [6.07, 6.45) is 0. The van der Waals surface area contributed by atoms with Gasteiger partial charge in [-0.05, 0) is 24.6 Å². The summed E-state index contributed by atoms with van der Waals surface area (Å²) in [6, 6.07) is 4.22. The molecule has 1 aromatic rings. The van der Waals surface area contributed by atoms with Crippen LogP contribution in [-0.4, -0.2) is 0 Å². The maximum atomic E-state index is 12.6. The smallest absolute Gasteiger partial charge is 0.124 e. The third kappa shape index (κ3) is 1.50. The largest absolute Gasteiger partial charge is 0.207 e. The van der Waals surface area contributed by atoms with Gasteiger partial charge in [0.2, 0.25) is 0 Å². The molecule has 0 N–H and O–H groups in total. The van der Waals surface area contributed by atoms with Crippen LogP contribution in [-0.2, 0) is 0 Å². The molecule has 1 aromatic carbocycles. The number of nitrogens with zero attached hydrogens (tertiary/aromatic N) is 1. The first-order valence-corrected chi connectivity index (χ1v) is 3.38. The van der Waals surface area contributed by atoms with Crippen molar-refractivity contribution in [2.45, 2.75) is 6.92 Å². The van der Waals surface area contributed by atoms with Gasteiger partial charge in [0, 0.05) is 0 Å². The van der Waals surface area contributed by atoms with E-state index in [9.17, 15) is 4.39 Å². The Morgan fingerprint density at radius 2 is 2.18 bits per heavy atom.